The van der Waals surface area contributed by atoms with Crippen molar-refractivity contribution in [2.24, 2.45) is 5.41 Å². The molecule has 4 aromatic heterocycles. The second kappa shape index (κ2) is 7.94. The van der Waals surface area contributed by atoms with Crippen molar-refractivity contribution in [3.8, 4) is 11.4 Å². The summed E-state index contributed by atoms with van der Waals surface area (Å²) in [6.07, 6.45) is 15.5. The van der Waals surface area contributed by atoms with Crippen molar-refractivity contribution in [3.05, 3.63) is 55.5 Å². The lowest BCUT2D eigenvalue weighted by molar-refractivity contribution is 0.232. The van der Waals surface area contributed by atoms with Gasteiger partial charge in [0.05, 0.1) is 29.5 Å². The number of nitrogens with zero attached hydrogens (tertiary/aromatic N) is 6. The van der Waals surface area contributed by atoms with Crippen LogP contribution in [0.2, 0.25) is 0 Å². The molecule has 4 heterocycles. The van der Waals surface area contributed by atoms with Crippen LogP contribution in [-0.4, -0.2) is 35.4 Å². The van der Waals surface area contributed by atoms with Gasteiger partial charge in [0.1, 0.15) is 17.7 Å². The molecule has 0 radical (unpaired) electrons. The highest BCUT2D eigenvalue weighted by atomic mass is 15.1. The molecule has 1 aliphatic rings. The maximum absolute atomic E-state index is 4.73. The van der Waals surface area contributed by atoms with Gasteiger partial charge in [-0.2, -0.15) is 0 Å². The highest BCUT2D eigenvalue weighted by molar-refractivity contribution is 5.64. The van der Waals surface area contributed by atoms with E-state index in [2.05, 4.69) is 39.4 Å². The molecule has 31 heavy (non-hydrogen) atoms. The minimum atomic E-state index is 0.431. The topological polar surface area (TPSA) is 92.9 Å². The molecule has 0 spiro atoms. The molecular weight excluding hydrogens is 388 g/mol. The minimum Gasteiger partial charge on any atom is -0.352 e. The standard InChI is InChI=1S/C23H26N8/c1-23(2)8-5-16(6-9-23)28-22-26-10-7-19(30-22)20-14-31-13-17(3-4-21(31)29-20)27-18-11-24-15-25-12-18/h3-4,7,10-16,27H,5-6,8-9H2,1-2H3,(H,26,28,30). The average molecular weight is 415 g/mol. The van der Waals surface area contributed by atoms with E-state index in [1.54, 1.807) is 18.6 Å². The molecular formula is C23H26N8. The summed E-state index contributed by atoms with van der Waals surface area (Å²) in [6.45, 7) is 4.69. The molecule has 158 valence electrons. The normalized spacial score (nSPS) is 16.3. The molecule has 2 N–H and O–H groups in total. The van der Waals surface area contributed by atoms with Gasteiger partial charge >= 0.3 is 0 Å². The van der Waals surface area contributed by atoms with Gasteiger partial charge in [-0.1, -0.05) is 13.8 Å². The Morgan fingerprint density at radius 3 is 2.55 bits per heavy atom. The summed E-state index contributed by atoms with van der Waals surface area (Å²) >= 11 is 0. The second-order valence-electron chi connectivity index (χ2n) is 8.91. The molecule has 0 unspecified atom stereocenters. The molecule has 1 fully saturated rings. The molecule has 8 nitrogen and oxygen atoms in total. The molecule has 0 aromatic carbocycles. The first kappa shape index (κ1) is 19.4. The van der Waals surface area contributed by atoms with Gasteiger partial charge in [-0.05, 0) is 49.3 Å². The quantitative estimate of drug-likeness (QED) is 0.489. The first-order valence-corrected chi connectivity index (χ1v) is 10.6. The fraction of sp³-hybridized carbons (Fsp3) is 0.348. The van der Waals surface area contributed by atoms with Crippen LogP contribution in [0.3, 0.4) is 0 Å². The van der Waals surface area contributed by atoms with E-state index in [4.69, 9.17) is 9.97 Å². The number of fused-ring (bicyclic) bond motifs is 1. The zero-order valence-electron chi connectivity index (χ0n) is 17.8. The van der Waals surface area contributed by atoms with Gasteiger partial charge in [-0.3, -0.25) is 0 Å². The Morgan fingerprint density at radius 2 is 1.74 bits per heavy atom. The first-order chi connectivity index (χ1) is 15.0. The van der Waals surface area contributed by atoms with Crippen molar-refractivity contribution in [3.63, 3.8) is 0 Å². The molecule has 0 saturated heterocycles. The van der Waals surface area contributed by atoms with E-state index in [0.29, 0.717) is 17.4 Å². The summed E-state index contributed by atoms with van der Waals surface area (Å²) < 4.78 is 1.99. The van der Waals surface area contributed by atoms with Gasteiger partial charge in [0.2, 0.25) is 5.95 Å². The van der Waals surface area contributed by atoms with E-state index in [0.717, 1.165) is 41.3 Å². The number of nitrogens with one attached hydrogen (secondary N) is 2. The number of imidazole rings is 1. The Bertz CT molecular complexity index is 1170. The van der Waals surface area contributed by atoms with Crippen LogP contribution in [0.15, 0.2) is 55.5 Å². The van der Waals surface area contributed by atoms with E-state index in [1.165, 1.54) is 19.2 Å². The Kier molecular flexibility index (Phi) is 4.97. The van der Waals surface area contributed by atoms with Gasteiger partial charge in [-0.15, -0.1) is 0 Å². The van der Waals surface area contributed by atoms with Crippen molar-refractivity contribution >= 4 is 23.0 Å². The summed E-state index contributed by atoms with van der Waals surface area (Å²) in [4.78, 5) is 22.0. The van der Waals surface area contributed by atoms with E-state index in [9.17, 15) is 0 Å². The molecule has 5 rings (SSSR count). The van der Waals surface area contributed by atoms with Crippen LogP contribution in [0.5, 0.6) is 0 Å². The molecule has 0 amide bonds. The molecule has 0 atom stereocenters. The van der Waals surface area contributed by atoms with Crippen LogP contribution in [0.1, 0.15) is 39.5 Å². The van der Waals surface area contributed by atoms with Crippen LogP contribution in [-0.2, 0) is 0 Å². The fourth-order valence-electron chi connectivity index (χ4n) is 4.02. The first-order valence-electron chi connectivity index (χ1n) is 10.6. The van der Waals surface area contributed by atoms with Gasteiger partial charge < -0.3 is 15.0 Å². The van der Waals surface area contributed by atoms with Crippen molar-refractivity contribution in [2.75, 3.05) is 10.6 Å². The van der Waals surface area contributed by atoms with E-state index in [1.807, 2.05) is 35.0 Å². The largest absolute Gasteiger partial charge is 0.352 e. The number of aromatic nitrogens is 6. The molecule has 8 heteroatoms. The highest BCUT2D eigenvalue weighted by Crippen LogP contribution is 2.35. The zero-order chi connectivity index (χ0) is 21.3. The molecule has 1 saturated carbocycles. The fourth-order valence-corrected chi connectivity index (χ4v) is 4.02. The minimum absolute atomic E-state index is 0.431. The van der Waals surface area contributed by atoms with Crippen LogP contribution in [0, 0.1) is 5.41 Å². The molecule has 1 aliphatic carbocycles. The smallest absolute Gasteiger partial charge is 0.223 e. The highest BCUT2D eigenvalue weighted by Gasteiger charge is 2.27. The number of hydrogen-bond donors (Lipinski definition) is 2. The lowest BCUT2D eigenvalue weighted by Crippen LogP contribution is -2.30. The van der Waals surface area contributed by atoms with Gasteiger partial charge in [0.15, 0.2) is 0 Å². The van der Waals surface area contributed by atoms with Crippen molar-refractivity contribution < 1.29 is 0 Å². The molecule has 0 bridgehead atoms. The van der Waals surface area contributed by atoms with E-state index < -0.39 is 0 Å². The van der Waals surface area contributed by atoms with Crippen LogP contribution in [0.4, 0.5) is 17.3 Å². The summed E-state index contributed by atoms with van der Waals surface area (Å²) in [5.74, 6) is 0.672. The van der Waals surface area contributed by atoms with Crippen molar-refractivity contribution in [2.45, 2.75) is 45.6 Å². The SMILES string of the molecule is CC1(C)CCC(Nc2nccc(-c3cn4cc(Nc5cncnc5)ccc4n3)n2)CC1. The van der Waals surface area contributed by atoms with Gasteiger partial charge in [0.25, 0.3) is 0 Å². The number of pyridine rings is 1. The Labute approximate surface area is 181 Å². The summed E-state index contributed by atoms with van der Waals surface area (Å²) in [6, 6.07) is 6.29. The summed E-state index contributed by atoms with van der Waals surface area (Å²) in [5, 5.41) is 6.82. The third-order valence-electron chi connectivity index (χ3n) is 5.89. The Balaban J connectivity index is 1.34. The predicted molar refractivity (Wildman–Crippen MR) is 121 cm³/mol. The van der Waals surface area contributed by atoms with Crippen LogP contribution in [0.25, 0.3) is 17.0 Å². The molecule has 0 aliphatic heterocycles. The van der Waals surface area contributed by atoms with Crippen LogP contribution >= 0.6 is 0 Å². The number of hydrogen-bond acceptors (Lipinski definition) is 7. The Hall–Kier alpha value is -3.55. The van der Waals surface area contributed by atoms with Gasteiger partial charge in [-0.25, -0.2) is 24.9 Å². The maximum Gasteiger partial charge on any atom is 0.223 e. The Morgan fingerprint density at radius 1 is 0.935 bits per heavy atom. The lowest BCUT2D eigenvalue weighted by atomic mass is 9.76. The lowest BCUT2D eigenvalue weighted by Gasteiger charge is -2.34. The van der Waals surface area contributed by atoms with E-state index >= 15 is 0 Å². The third kappa shape index (κ3) is 4.47. The predicted octanol–water partition coefficient (Wildman–Crippen LogP) is 4.71. The molecule has 4 aromatic rings. The number of rotatable bonds is 5. The third-order valence-corrected chi connectivity index (χ3v) is 5.89. The average Bonchev–Trinajstić information content (AvgIpc) is 3.20. The van der Waals surface area contributed by atoms with Crippen molar-refractivity contribution in [1.29, 1.82) is 0 Å². The van der Waals surface area contributed by atoms with Crippen molar-refractivity contribution in [1.82, 2.24) is 29.3 Å². The van der Waals surface area contributed by atoms with E-state index in [-0.39, 0.29) is 0 Å². The monoisotopic (exact) mass is 414 g/mol. The zero-order valence-corrected chi connectivity index (χ0v) is 17.8. The van der Waals surface area contributed by atoms with Gasteiger partial charge in [0, 0.05) is 24.6 Å². The van der Waals surface area contributed by atoms with Crippen LogP contribution < -0.4 is 10.6 Å². The summed E-state index contributed by atoms with van der Waals surface area (Å²) in [7, 11) is 0. The number of anilines is 3. The maximum atomic E-state index is 4.73. The summed E-state index contributed by atoms with van der Waals surface area (Å²) in [5.41, 5.74) is 4.68. The second-order valence-corrected chi connectivity index (χ2v) is 8.91.